The van der Waals surface area contributed by atoms with Crippen molar-refractivity contribution in [2.75, 3.05) is 27.9 Å². The molecule has 0 saturated carbocycles. The standard InChI is InChI=1S/C19H19Cl2N3O6/c1-11(24-29-9-8-14(20)21)12-6-5-7-13(17(12)18(25)28-4)30-19-22-15(26-2)10-16(23-19)27-3/h5-8,10H,9H2,1-4H3/b24-11+. The molecule has 0 aliphatic carbocycles. The number of carbonyl (C=O) groups is 1. The Bertz CT molecular complexity index is 939. The molecule has 0 aliphatic heterocycles. The highest BCUT2D eigenvalue weighted by molar-refractivity contribution is 6.55. The predicted octanol–water partition coefficient (Wildman–Crippen LogP) is 4.13. The normalized spacial score (nSPS) is 10.8. The van der Waals surface area contributed by atoms with Crippen LogP contribution in [0.4, 0.5) is 0 Å². The van der Waals surface area contributed by atoms with Crippen LogP contribution in [0.25, 0.3) is 0 Å². The second kappa shape index (κ2) is 11.2. The number of hydrogen-bond donors (Lipinski definition) is 0. The lowest BCUT2D eigenvalue weighted by molar-refractivity contribution is 0.0597. The molecule has 0 amide bonds. The van der Waals surface area contributed by atoms with Crippen molar-refractivity contribution in [2.24, 2.45) is 5.16 Å². The quantitative estimate of drug-likeness (QED) is 0.240. The van der Waals surface area contributed by atoms with E-state index in [1.807, 2.05) is 0 Å². The van der Waals surface area contributed by atoms with Crippen molar-refractivity contribution in [1.29, 1.82) is 0 Å². The zero-order chi connectivity index (χ0) is 22.1. The van der Waals surface area contributed by atoms with Gasteiger partial charge < -0.3 is 23.8 Å². The molecule has 0 bridgehead atoms. The molecule has 1 aromatic carbocycles. The molecular formula is C19H19Cl2N3O6. The van der Waals surface area contributed by atoms with Crippen LogP contribution in [-0.4, -0.2) is 49.6 Å². The maximum Gasteiger partial charge on any atom is 0.342 e. The van der Waals surface area contributed by atoms with E-state index < -0.39 is 5.97 Å². The van der Waals surface area contributed by atoms with E-state index >= 15 is 0 Å². The van der Waals surface area contributed by atoms with E-state index in [0.717, 1.165) is 0 Å². The summed E-state index contributed by atoms with van der Waals surface area (Å²) >= 11 is 11.1. The number of esters is 1. The van der Waals surface area contributed by atoms with Gasteiger partial charge in [-0.25, -0.2) is 4.79 Å². The first-order chi connectivity index (χ1) is 14.4. The Labute approximate surface area is 183 Å². The monoisotopic (exact) mass is 455 g/mol. The highest BCUT2D eigenvalue weighted by Crippen LogP contribution is 2.29. The summed E-state index contributed by atoms with van der Waals surface area (Å²) in [5.41, 5.74) is 0.931. The van der Waals surface area contributed by atoms with E-state index in [2.05, 4.69) is 15.1 Å². The van der Waals surface area contributed by atoms with Crippen LogP contribution in [0.2, 0.25) is 0 Å². The van der Waals surface area contributed by atoms with E-state index in [4.69, 9.17) is 47.0 Å². The van der Waals surface area contributed by atoms with Crippen LogP contribution in [0.15, 0.2) is 40.0 Å². The molecule has 0 fully saturated rings. The fourth-order valence-corrected chi connectivity index (χ4v) is 2.38. The molecule has 1 aromatic heterocycles. The summed E-state index contributed by atoms with van der Waals surface area (Å²) in [6.07, 6.45) is 1.42. The van der Waals surface area contributed by atoms with Gasteiger partial charge in [0.05, 0.1) is 33.1 Å². The van der Waals surface area contributed by atoms with E-state index in [1.54, 1.807) is 25.1 Å². The Morgan fingerprint density at radius 1 is 1.13 bits per heavy atom. The van der Waals surface area contributed by atoms with Gasteiger partial charge in [0.1, 0.15) is 22.4 Å². The topological polar surface area (TPSA) is 101 Å². The minimum Gasteiger partial charge on any atom is -0.481 e. The van der Waals surface area contributed by atoms with Gasteiger partial charge in [-0.05, 0) is 19.1 Å². The van der Waals surface area contributed by atoms with E-state index in [1.165, 1.54) is 33.5 Å². The van der Waals surface area contributed by atoms with Crippen molar-refractivity contribution < 1.29 is 28.6 Å². The Morgan fingerprint density at radius 3 is 2.37 bits per heavy atom. The summed E-state index contributed by atoms with van der Waals surface area (Å²) in [5, 5.41) is 3.97. The minimum absolute atomic E-state index is 0.0564. The molecule has 0 unspecified atom stereocenters. The third kappa shape index (κ3) is 6.23. The fraction of sp³-hybridized carbons (Fsp3) is 0.263. The average molecular weight is 456 g/mol. The molecule has 0 aliphatic rings. The van der Waals surface area contributed by atoms with Gasteiger partial charge in [0.25, 0.3) is 0 Å². The summed E-state index contributed by atoms with van der Waals surface area (Å²) < 4.78 is 20.9. The third-order valence-electron chi connectivity index (χ3n) is 3.60. The molecule has 0 radical (unpaired) electrons. The number of nitrogens with zero attached hydrogens (tertiary/aromatic N) is 3. The molecule has 0 N–H and O–H groups in total. The lowest BCUT2D eigenvalue weighted by atomic mass is 10.0. The Hall–Kier alpha value is -3.04. The minimum atomic E-state index is -0.645. The molecule has 2 rings (SSSR count). The van der Waals surface area contributed by atoms with Crippen LogP contribution in [0, 0.1) is 0 Å². The number of ether oxygens (including phenoxy) is 4. The maximum atomic E-state index is 12.5. The molecule has 0 saturated heterocycles. The number of rotatable bonds is 9. The van der Waals surface area contributed by atoms with Crippen molar-refractivity contribution >= 4 is 34.9 Å². The zero-order valence-electron chi connectivity index (χ0n) is 16.6. The summed E-state index contributed by atoms with van der Waals surface area (Å²) in [4.78, 5) is 25.8. The molecule has 11 heteroatoms. The molecular weight excluding hydrogens is 437 g/mol. The summed E-state index contributed by atoms with van der Waals surface area (Å²) in [6.45, 7) is 1.71. The van der Waals surface area contributed by atoms with Crippen LogP contribution >= 0.6 is 23.2 Å². The van der Waals surface area contributed by atoms with Crippen LogP contribution in [0.3, 0.4) is 0 Å². The van der Waals surface area contributed by atoms with Crippen LogP contribution in [-0.2, 0) is 9.57 Å². The Morgan fingerprint density at radius 2 is 1.80 bits per heavy atom. The largest absolute Gasteiger partial charge is 0.481 e. The first kappa shape index (κ1) is 23.2. The molecule has 9 nitrogen and oxygen atoms in total. The van der Waals surface area contributed by atoms with E-state index in [9.17, 15) is 4.79 Å². The second-order valence-electron chi connectivity index (χ2n) is 5.47. The lowest BCUT2D eigenvalue weighted by Gasteiger charge is -2.13. The smallest absolute Gasteiger partial charge is 0.342 e. The van der Waals surface area contributed by atoms with Crippen molar-refractivity contribution in [3.8, 4) is 23.5 Å². The first-order valence-electron chi connectivity index (χ1n) is 8.44. The molecule has 30 heavy (non-hydrogen) atoms. The van der Waals surface area contributed by atoms with Gasteiger partial charge in [-0.3, -0.25) is 0 Å². The van der Waals surface area contributed by atoms with Gasteiger partial charge in [0.15, 0.2) is 0 Å². The SMILES string of the molecule is COC(=O)c1c(Oc2nc(OC)cc(OC)n2)cccc1/C(C)=N/OCC=C(Cl)Cl. The molecule has 160 valence electrons. The predicted molar refractivity (Wildman–Crippen MR) is 111 cm³/mol. The van der Waals surface area contributed by atoms with Crippen LogP contribution in [0.5, 0.6) is 23.5 Å². The first-order valence-corrected chi connectivity index (χ1v) is 9.19. The van der Waals surface area contributed by atoms with Crippen LogP contribution < -0.4 is 14.2 Å². The van der Waals surface area contributed by atoms with Crippen molar-refractivity contribution in [3.05, 3.63) is 46.0 Å². The van der Waals surface area contributed by atoms with E-state index in [-0.39, 0.29) is 40.2 Å². The number of aromatic nitrogens is 2. The average Bonchev–Trinajstić information content (AvgIpc) is 2.75. The summed E-state index contributed by atoms with van der Waals surface area (Å²) in [7, 11) is 4.14. The van der Waals surface area contributed by atoms with Gasteiger partial charge >= 0.3 is 12.0 Å². The molecule has 0 spiro atoms. The number of hydrogen-bond acceptors (Lipinski definition) is 9. The summed E-state index contributed by atoms with van der Waals surface area (Å²) in [6, 6.07) is 6.30. The van der Waals surface area contributed by atoms with Gasteiger partial charge in [-0.1, -0.05) is 40.5 Å². The maximum absolute atomic E-state index is 12.5. The number of oxime groups is 1. The Balaban J connectivity index is 2.44. The van der Waals surface area contributed by atoms with Gasteiger partial charge in [-0.15, -0.1) is 0 Å². The van der Waals surface area contributed by atoms with E-state index in [0.29, 0.717) is 11.3 Å². The third-order valence-corrected chi connectivity index (χ3v) is 3.91. The number of methoxy groups -OCH3 is 3. The number of benzene rings is 1. The highest BCUT2D eigenvalue weighted by Gasteiger charge is 2.22. The van der Waals surface area contributed by atoms with Crippen molar-refractivity contribution in [1.82, 2.24) is 9.97 Å². The zero-order valence-corrected chi connectivity index (χ0v) is 18.2. The lowest BCUT2D eigenvalue weighted by Crippen LogP contribution is -2.12. The number of halogens is 2. The van der Waals surface area contributed by atoms with Gasteiger partial charge in [-0.2, -0.15) is 9.97 Å². The van der Waals surface area contributed by atoms with Crippen molar-refractivity contribution in [3.63, 3.8) is 0 Å². The highest BCUT2D eigenvalue weighted by atomic mass is 35.5. The summed E-state index contributed by atoms with van der Waals surface area (Å²) in [5.74, 6) is -0.0452. The van der Waals surface area contributed by atoms with Gasteiger partial charge in [0.2, 0.25) is 11.8 Å². The van der Waals surface area contributed by atoms with Crippen LogP contribution in [0.1, 0.15) is 22.8 Å². The second-order valence-corrected chi connectivity index (χ2v) is 6.48. The molecule has 1 heterocycles. The Kier molecular flexibility index (Phi) is 8.70. The van der Waals surface area contributed by atoms with Gasteiger partial charge in [0, 0.05) is 5.56 Å². The molecule has 0 atom stereocenters. The number of carbonyl (C=O) groups excluding carboxylic acids is 1. The van der Waals surface area contributed by atoms with Crippen molar-refractivity contribution in [2.45, 2.75) is 6.92 Å². The fourth-order valence-electron chi connectivity index (χ4n) is 2.25. The molecule has 2 aromatic rings.